The molecule has 10 N–H and O–H groups in total. The molecular formula is C16H25N3O7S. The lowest BCUT2D eigenvalue weighted by Crippen LogP contribution is -2.71. The maximum Gasteiger partial charge on any atom is 0.327 e. The summed E-state index contributed by atoms with van der Waals surface area (Å²) in [6, 6.07) is 6.38. The first-order chi connectivity index (χ1) is 11.2. The number of hydrogen-bond acceptors (Lipinski definition) is 5. The standard InChI is InChI=1S/C16H19N3O4S.3H2O/c1-16(2)11(15(22)23)19-13(21)10(14(19)24-16)18-12(20)9(17)8-6-4-3-5-7-8;;;/h3-7,9-11,14H,17H2,1-2H3,(H,18,20)(H,22,23);3*1H2/t9-,10-,11?,14-;;;/m1.../s1. The molecule has 0 spiro atoms. The minimum atomic E-state index is -1.03. The van der Waals surface area contributed by atoms with Gasteiger partial charge in [0.2, 0.25) is 11.8 Å². The number of carbonyl (C=O) groups excluding carboxylic acids is 2. The molecule has 0 aromatic heterocycles. The molecule has 0 aliphatic carbocycles. The molecule has 11 heteroatoms. The van der Waals surface area contributed by atoms with E-state index in [4.69, 9.17) is 5.73 Å². The number of hydrogen-bond donors (Lipinski definition) is 3. The van der Waals surface area contributed by atoms with Gasteiger partial charge in [-0.3, -0.25) is 9.59 Å². The summed E-state index contributed by atoms with van der Waals surface area (Å²) < 4.78 is -0.618. The summed E-state index contributed by atoms with van der Waals surface area (Å²) in [6.07, 6.45) is 0. The molecular weight excluding hydrogens is 378 g/mol. The van der Waals surface area contributed by atoms with Gasteiger partial charge >= 0.3 is 5.97 Å². The zero-order valence-corrected chi connectivity index (χ0v) is 15.6. The molecule has 1 unspecified atom stereocenters. The smallest absolute Gasteiger partial charge is 0.327 e. The summed E-state index contributed by atoms with van der Waals surface area (Å²) in [5.74, 6) is -1.86. The lowest BCUT2D eigenvalue weighted by atomic mass is 9.95. The van der Waals surface area contributed by atoms with Crippen LogP contribution in [0, 0.1) is 0 Å². The molecule has 2 aliphatic heterocycles. The highest BCUT2D eigenvalue weighted by Crippen LogP contribution is 2.50. The van der Waals surface area contributed by atoms with E-state index in [2.05, 4.69) is 5.32 Å². The van der Waals surface area contributed by atoms with Gasteiger partial charge in [-0.25, -0.2) is 4.79 Å². The average molecular weight is 403 g/mol. The SMILES string of the molecule is CC1(C)S[C@@H]2[C@H](NC(=O)[C@H](N)c3ccccc3)C(=O)N2C1C(=O)O.O.O.O. The van der Waals surface area contributed by atoms with Crippen LogP contribution in [0.2, 0.25) is 0 Å². The van der Waals surface area contributed by atoms with Crippen molar-refractivity contribution in [1.29, 1.82) is 0 Å². The number of fused-ring (bicyclic) bond motifs is 1. The Labute approximate surface area is 160 Å². The monoisotopic (exact) mass is 403 g/mol. The molecule has 2 aliphatic rings. The van der Waals surface area contributed by atoms with Crippen LogP contribution < -0.4 is 11.1 Å². The number of rotatable bonds is 4. The van der Waals surface area contributed by atoms with E-state index >= 15 is 0 Å². The number of nitrogens with one attached hydrogen (secondary N) is 1. The van der Waals surface area contributed by atoms with Gasteiger partial charge in [0.05, 0.1) is 0 Å². The Bertz CT molecular complexity index is 701. The molecule has 3 rings (SSSR count). The highest BCUT2D eigenvalue weighted by Gasteiger charge is 2.64. The molecule has 2 saturated heterocycles. The van der Waals surface area contributed by atoms with Crippen LogP contribution in [0.25, 0.3) is 0 Å². The van der Waals surface area contributed by atoms with Crippen LogP contribution >= 0.6 is 11.8 Å². The van der Waals surface area contributed by atoms with E-state index in [1.807, 2.05) is 6.07 Å². The summed E-state index contributed by atoms with van der Waals surface area (Å²) in [5, 5.41) is 11.7. The normalized spacial score (nSPS) is 25.5. The van der Waals surface area contributed by atoms with Gasteiger partial charge < -0.3 is 37.5 Å². The largest absolute Gasteiger partial charge is 0.480 e. The fourth-order valence-corrected chi connectivity index (χ4v) is 4.83. The number of nitrogens with zero attached hydrogens (tertiary/aromatic N) is 1. The maximum absolute atomic E-state index is 12.3. The first kappa shape index (κ1) is 24.8. The number of benzene rings is 1. The fraction of sp³-hybridized carbons (Fsp3) is 0.438. The van der Waals surface area contributed by atoms with Crippen molar-refractivity contribution in [3.05, 3.63) is 35.9 Å². The van der Waals surface area contributed by atoms with Crippen molar-refractivity contribution in [1.82, 2.24) is 10.2 Å². The third-order valence-electron chi connectivity index (χ3n) is 4.41. The molecule has 2 heterocycles. The number of carboxylic acids is 1. The van der Waals surface area contributed by atoms with Crippen LogP contribution in [0.4, 0.5) is 0 Å². The van der Waals surface area contributed by atoms with Crippen molar-refractivity contribution in [3.8, 4) is 0 Å². The van der Waals surface area contributed by atoms with Crippen LogP contribution in [0.15, 0.2) is 30.3 Å². The number of β-lactam (4-membered cyclic amide) rings is 1. The highest BCUT2D eigenvalue weighted by molar-refractivity contribution is 8.01. The quantitative estimate of drug-likeness (QED) is 0.477. The van der Waals surface area contributed by atoms with Gasteiger partial charge in [-0.15, -0.1) is 11.8 Å². The van der Waals surface area contributed by atoms with Gasteiger partial charge in [-0.05, 0) is 19.4 Å². The van der Waals surface area contributed by atoms with Crippen molar-refractivity contribution in [2.45, 2.75) is 42.1 Å². The Morgan fingerprint density at radius 2 is 1.78 bits per heavy atom. The Hall–Kier alpha value is -2.18. The van der Waals surface area contributed by atoms with E-state index in [-0.39, 0.29) is 27.7 Å². The molecule has 0 saturated carbocycles. The van der Waals surface area contributed by atoms with Gasteiger partial charge in [0.25, 0.3) is 0 Å². The first-order valence-corrected chi connectivity index (χ1v) is 8.45. The van der Waals surface area contributed by atoms with Crippen molar-refractivity contribution in [3.63, 3.8) is 0 Å². The number of amides is 2. The number of nitrogens with two attached hydrogens (primary N) is 1. The Balaban J connectivity index is 0.00000225. The summed E-state index contributed by atoms with van der Waals surface area (Å²) >= 11 is 1.38. The summed E-state index contributed by atoms with van der Waals surface area (Å²) in [7, 11) is 0. The van der Waals surface area contributed by atoms with Crippen molar-refractivity contribution in [2.75, 3.05) is 0 Å². The number of aliphatic carboxylic acids is 1. The number of carboxylic acid groups (broad SMARTS) is 1. The van der Waals surface area contributed by atoms with Crippen molar-refractivity contribution < 1.29 is 35.9 Å². The molecule has 10 nitrogen and oxygen atoms in total. The molecule has 152 valence electrons. The average Bonchev–Trinajstić information content (AvgIpc) is 2.80. The summed E-state index contributed by atoms with van der Waals surface area (Å²) in [6.45, 7) is 3.58. The first-order valence-electron chi connectivity index (χ1n) is 7.58. The minimum absolute atomic E-state index is 0. The maximum atomic E-state index is 12.3. The zero-order valence-electron chi connectivity index (χ0n) is 14.8. The predicted molar refractivity (Wildman–Crippen MR) is 99.9 cm³/mol. The van der Waals surface area contributed by atoms with E-state index in [1.165, 1.54) is 16.7 Å². The minimum Gasteiger partial charge on any atom is -0.480 e. The Kier molecular flexibility index (Phi) is 7.97. The van der Waals surface area contributed by atoms with Crippen LogP contribution in [0.1, 0.15) is 25.5 Å². The highest BCUT2D eigenvalue weighted by atomic mass is 32.2. The van der Waals surface area contributed by atoms with Crippen LogP contribution in [0.3, 0.4) is 0 Å². The second kappa shape index (κ2) is 8.67. The van der Waals surface area contributed by atoms with Crippen LogP contribution in [-0.4, -0.2) is 66.4 Å². The Morgan fingerprint density at radius 1 is 1.22 bits per heavy atom. The van der Waals surface area contributed by atoms with E-state index < -0.39 is 34.7 Å². The van der Waals surface area contributed by atoms with Gasteiger partial charge in [0.1, 0.15) is 23.5 Å². The van der Waals surface area contributed by atoms with Gasteiger partial charge in [-0.2, -0.15) is 0 Å². The van der Waals surface area contributed by atoms with E-state index in [0.717, 1.165) is 0 Å². The topological polar surface area (TPSA) is 207 Å². The summed E-state index contributed by atoms with van der Waals surface area (Å²) in [4.78, 5) is 37.5. The molecule has 0 bridgehead atoms. The third kappa shape index (κ3) is 4.06. The second-order valence-electron chi connectivity index (χ2n) is 6.47. The lowest BCUT2D eigenvalue weighted by Gasteiger charge is -2.43. The summed E-state index contributed by atoms with van der Waals surface area (Å²) in [5.41, 5.74) is 6.59. The second-order valence-corrected chi connectivity index (χ2v) is 8.24. The van der Waals surface area contributed by atoms with Crippen LogP contribution in [-0.2, 0) is 14.4 Å². The lowest BCUT2D eigenvalue weighted by molar-refractivity contribution is -0.161. The fourth-order valence-electron chi connectivity index (χ4n) is 3.20. The van der Waals surface area contributed by atoms with Gasteiger partial charge in [0, 0.05) is 4.75 Å². The molecule has 2 fully saturated rings. The van der Waals surface area contributed by atoms with E-state index in [0.29, 0.717) is 5.56 Å². The molecule has 1 aromatic rings. The molecule has 4 atom stereocenters. The molecule has 27 heavy (non-hydrogen) atoms. The molecule has 2 amide bonds. The van der Waals surface area contributed by atoms with Crippen molar-refractivity contribution >= 4 is 29.5 Å². The molecule has 1 aromatic carbocycles. The van der Waals surface area contributed by atoms with Crippen molar-refractivity contribution in [2.24, 2.45) is 5.73 Å². The molecule has 0 radical (unpaired) electrons. The third-order valence-corrected chi connectivity index (χ3v) is 5.99. The van der Waals surface area contributed by atoms with Gasteiger partial charge in [-0.1, -0.05) is 30.3 Å². The van der Waals surface area contributed by atoms with Gasteiger partial charge in [0.15, 0.2) is 0 Å². The number of carbonyl (C=O) groups is 3. The van der Waals surface area contributed by atoms with E-state index in [9.17, 15) is 19.5 Å². The van der Waals surface area contributed by atoms with Crippen LogP contribution in [0.5, 0.6) is 0 Å². The van der Waals surface area contributed by atoms with E-state index in [1.54, 1.807) is 38.1 Å². The zero-order chi connectivity index (χ0) is 17.6. The Morgan fingerprint density at radius 3 is 2.30 bits per heavy atom. The predicted octanol–water partition coefficient (Wildman–Crippen LogP) is -2.16. The number of thioether (sulfide) groups is 1.